The zero-order valence-corrected chi connectivity index (χ0v) is 19.9. The molecule has 0 radical (unpaired) electrons. The van der Waals surface area contributed by atoms with Crippen LogP contribution in [0.2, 0.25) is 0 Å². The molecule has 0 saturated heterocycles. The molecule has 0 atom stereocenters. The van der Waals surface area contributed by atoms with Gasteiger partial charge in [-0.05, 0) is 69.0 Å². The topological polar surface area (TPSA) is 101 Å². The van der Waals surface area contributed by atoms with Gasteiger partial charge in [-0.15, -0.1) is 0 Å². The average molecular weight is 461 g/mol. The van der Waals surface area contributed by atoms with Crippen molar-refractivity contribution >= 4 is 5.97 Å². The first-order valence-electron chi connectivity index (χ1n) is 11.4. The summed E-state index contributed by atoms with van der Waals surface area (Å²) >= 11 is 0. The van der Waals surface area contributed by atoms with E-state index < -0.39 is 0 Å². The fourth-order valence-corrected chi connectivity index (χ4v) is 4.22. The Morgan fingerprint density at radius 3 is 2.85 bits per heavy atom. The van der Waals surface area contributed by atoms with E-state index in [9.17, 15) is 10.1 Å². The summed E-state index contributed by atoms with van der Waals surface area (Å²) in [5.74, 6) is 1.19. The van der Waals surface area contributed by atoms with Crippen LogP contribution in [0.4, 0.5) is 0 Å². The van der Waals surface area contributed by atoms with E-state index in [0.717, 1.165) is 24.1 Å². The molecule has 34 heavy (non-hydrogen) atoms. The molecule has 0 aliphatic carbocycles. The van der Waals surface area contributed by atoms with Gasteiger partial charge in [-0.1, -0.05) is 17.3 Å². The van der Waals surface area contributed by atoms with E-state index in [2.05, 4.69) is 34.1 Å². The zero-order chi connectivity index (χ0) is 24.2. The van der Waals surface area contributed by atoms with Crippen LogP contribution < -0.4 is 4.74 Å². The van der Waals surface area contributed by atoms with Gasteiger partial charge in [0.1, 0.15) is 11.8 Å². The summed E-state index contributed by atoms with van der Waals surface area (Å²) < 4.78 is 16.3. The predicted octanol–water partition coefficient (Wildman–Crippen LogP) is 4.29. The van der Waals surface area contributed by atoms with Gasteiger partial charge in [0.05, 0.1) is 24.8 Å². The number of rotatable bonds is 7. The molecule has 1 aliphatic rings. The van der Waals surface area contributed by atoms with Gasteiger partial charge in [-0.3, -0.25) is 9.69 Å². The van der Waals surface area contributed by atoms with Crippen molar-refractivity contribution in [1.29, 1.82) is 5.26 Å². The number of hydrogen-bond acceptors (Lipinski definition) is 8. The lowest BCUT2D eigenvalue weighted by atomic mass is 9.91. The van der Waals surface area contributed by atoms with Crippen LogP contribution in [-0.4, -0.2) is 46.8 Å². The molecule has 0 bridgehead atoms. The standard InChI is InChI=1S/C26H28N4O4/c1-5-32-24(31)15-30-11-10-21-17(4)22(8-6-19(21)14-30)25-28-26(34-29-25)18-7-9-23(33-16(2)3)20(12-18)13-27/h6-9,12,16H,5,10-11,14-15H2,1-4H3. The van der Waals surface area contributed by atoms with Crippen molar-refractivity contribution in [3.05, 3.63) is 52.6 Å². The maximum absolute atomic E-state index is 11.8. The van der Waals surface area contributed by atoms with Crippen LogP contribution in [0.1, 0.15) is 43.0 Å². The minimum Gasteiger partial charge on any atom is -0.490 e. The van der Waals surface area contributed by atoms with Gasteiger partial charge < -0.3 is 14.0 Å². The minimum atomic E-state index is -0.193. The number of fused-ring (bicyclic) bond motifs is 1. The summed E-state index contributed by atoms with van der Waals surface area (Å²) in [4.78, 5) is 18.5. The number of nitrogens with zero attached hydrogens (tertiary/aromatic N) is 4. The van der Waals surface area contributed by atoms with E-state index in [4.69, 9.17) is 14.0 Å². The van der Waals surface area contributed by atoms with Crippen LogP contribution in [0.5, 0.6) is 5.75 Å². The Labute approximate surface area is 199 Å². The van der Waals surface area contributed by atoms with Crippen molar-refractivity contribution in [2.45, 2.75) is 46.8 Å². The SMILES string of the molecule is CCOC(=O)CN1CCc2c(ccc(-c3noc(-c4ccc(OC(C)C)c(C#N)c4)n3)c2C)C1. The van der Waals surface area contributed by atoms with Crippen molar-refractivity contribution in [3.63, 3.8) is 0 Å². The van der Waals surface area contributed by atoms with Gasteiger partial charge in [0.25, 0.3) is 5.89 Å². The molecule has 1 aliphatic heterocycles. The molecule has 0 saturated carbocycles. The highest BCUT2D eigenvalue weighted by molar-refractivity contribution is 5.72. The van der Waals surface area contributed by atoms with E-state index >= 15 is 0 Å². The summed E-state index contributed by atoms with van der Waals surface area (Å²) in [6.45, 7) is 9.90. The van der Waals surface area contributed by atoms with Crippen molar-refractivity contribution in [3.8, 4) is 34.7 Å². The molecule has 2 heterocycles. The van der Waals surface area contributed by atoms with Crippen molar-refractivity contribution in [1.82, 2.24) is 15.0 Å². The van der Waals surface area contributed by atoms with Crippen LogP contribution in [0.3, 0.4) is 0 Å². The van der Waals surface area contributed by atoms with E-state index in [-0.39, 0.29) is 12.1 Å². The van der Waals surface area contributed by atoms with E-state index in [1.165, 1.54) is 11.1 Å². The van der Waals surface area contributed by atoms with Gasteiger partial charge in [0.15, 0.2) is 0 Å². The van der Waals surface area contributed by atoms with Crippen LogP contribution in [0.15, 0.2) is 34.9 Å². The fourth-order valence-electron chi connectivity index (χ4n) is 4.22. The average Bonchev–Trinajstić information content (AvgIpc) is 3.29. The Morgan fingerprint density at radius 1 is 1.29 bits per heavy atom. The van der Waals surface area contributed by atoms with E-state index in [0.29, 0.717) is 48.3 Å². The summed E-state index contributed by atoms with van der Waals surface area (Å²) in [6.07, 6.45) is 0.805. The van der Waals surface area contributed by atoms with Gasteiger partial charge >= 0.3 is 5.97 Å². The molecule has 8 heteroatoms. The highest BCUT2D eigenvalue weighted by Gasteiger charge is 2.23. The van der Waals surface area contributed by atoms with Crippen LogP contribution in [0.25, 0.3) is 22.8 Å². The molecule has 176 valence electrons. The minimum absolute atomic E-state index is 0.0304. The van der Waals surface area contributed by atoms with Crippen molar-refractivity contribution < 1.29 is 18.8 Å². The lowest BCUT2D eigenvalue weighted by Crippen LogP contribution is -2.35. The summed E-state index contributed by atoms with van der Waals surface area (Å²) in [5.41, 5.74) is 5.55. The summed E-state index contributed by atoms with van der Waals surface area (Å²) in [7, 11) is 0. The second-order valence-electron chi connectivity index (χ2n) is 8.55. The van der Waals surface area contributed by atoms with Gasteiger partial charge in [-0.2, -0.15) is 10.2 Å². The molecule has 0 amide bonds. The predicted molar refractivity (Wildman–Crippen MR) is 126 cm³/mol. The lowest BCUT2D eigenvalue weighted by molar-refractivity contribution is -0.144. The number of nitriles is 1. The Kier molecular flexibility index (Phi) is 6.94. The molecule has 4 rings (SSSR count). The molecular weight excluding hydrogens is 432 g/mol. The molecule has 1 aromatic heterocycles. The highest BCUT2D eigenvalue weighted by Crippen LogP contribution is 2.32. The fraction of sp³-hybridized carbons (Fsp3) is 0.385. The Bertz CT molecular complexity index is 1240. The number of carbonyl (C=O) groups excluding carboxylic acids is 1. The molecule has 0 spiro atoms. The third-order valence-electron chi connectivity index (χ3n) is 5.80. The van der Waals surface area contributed by atoms with Gasteiger partial charge in [0.2, 0.25) is 5.82 Å². The second kappa shape index (κ2) is 10.1. The van der Waals surface area contributed by atoms with Gasteiger partial charge in [0, 0.05) is 24.2 Å². The molecular formula is C26H28N4O4. The maximum Gasteiger partial charge on any atom is 0.320 e. The Hall–Kier alpha value is -3.70. The molecule has 2 aromatic carbocycles. The lowest BCUT2D eigenvalue weighted by Gasteiger charge is -2.29. The van der Waals surface area contributed by atoms with Crippen LogP contribution in [-0.2, 0) is 22.5 Å². The monoisotopic (exact) mass is 460 g/mol. The number of ether oxygens (including phenoxy) is 2. The molecule has 0 fully saturated rings. The molecule has 3 aromatic rings. The molecule has 0 N–H and O–H groups in total. The number of hydrogen-bond donors (Lipinski definition) is 0. The third kappa shape index (κ3) is 4.95. The smallest absolute Gasteiger partial charge is 0.320 e. The quantitative estimate of drug-likeness (QED) is 0.481. The number of carbonyl (C=O) groups is 1. The first-order chi connectivity index (χ1) is 16.4. The van der Waals surface area contributed by atoms with Crippen molar-refractivity contribution in [2.75, 3.05) is 19.7 Å². The number of esters is 1. The normalized spacial score (nSPS) is 13.4. The summed E-state index contributed by atoms with van der Waals surface area (Å²) in [5, 5.41) is 13.7. The number of benzene rings is 2. The Morgan fingerprint density at radius 2 is 2.12 bits per heavy atom. The van der Waals surface area contributed by atoms with Crippen LogP contribution in [0, 0.1) is 18.3 Å². The Balaban J connectivity index is 1.56. The van der Waals surface area contributed by atoms with E-state index in [1.807, 2.05) is 32.9 Å². The molecule has 0 unspecified atom stereocenters. The third-order valence-corrected chi connectivity index (χ3v) is 5.80. The maximum atomic E-state index is 11.8. The summed E-state index contributed by atoms with van der Waals surface area (Å²) in [6, 6.07) is 11.5. The van der Waals surface area contributed by atoms with E-state index in [1.54, 1.807) is 12.1 Å². The zero-order valence-electron chi connectivity index (χ0n) is 19.9. The first kappa shape index (κ1) is 23.5. The first-order valence-corrected chi connectivity index (χ1v) is 11.4. The van der Waals surface area contributed by atoms with Gasteiger partial charge in [-0.25, -0.2) is 0 Å². The van der Waals surface area contributed by atoms with Crippen molar-refractivity contribution in [2.24, 2.45) is 0 Å². The molecule has 8 nitrogen and oxygen atoms in total. The largest absolute Gasteiger partial charge is 0.490 e. The highest BCUT2D eigenvalue weighted by atomic mass is 16.5. The second-order valence-corrected chi connectivity index (χ2v) is 8.55. The number of aromatic nitrogens is 2. The van der Waals surface area contributed by atoms with Crippen LogP contribution >= 0.6 is 0 Å².